The van der Waals surface area contributed by atoms with Crippen LogP contribution in [0.1, 0.15) is 18.9 Å². The second-order valence-electron chi connectivity index (χ2n) is 2.60. The van der Waals surface area contributed by atoms with Crippen LogP contribution >= 0.6 is 11.6 Å². The summed E-state index contributed by atoms with van der Waals surface area (Å²) in [5, 5.41) is 3.46. The molecule has 1 heterocycles. The van der Waals surface area contributed by atoms with Gasteiger partial charge in [0.15, 0.2) is 0 Å². The molecule has 0 saturated heterocycles. The molecule has 3 nitrogen and oxygen atoms in total. The number of nitrogens with one attached hydrogen (secondary N) is 1. The number of anilines is 1. The van der Waals surface area contributed by atoms with Crippen LogP contribution in [-0.4, -0.2) is 16.5 Å². The van der Waals surface area contributed by atoms with Crippen molar-refractivity contribution in [3.8, 4) is 0 Å². The largest absolute Gasteiger partial charge is 0.370 e. The van der Waals surface area contributed by atoms with Gasteiger partial charge in [0, 0.05) is 18.3 Å². The molecule has 1 aromatic heterocycles. The molecule has 1 rings (SSSR count). The van der Waals surface area contributed by atoms with Crippen molar-refractivity contribution in [2.24, 2.45) is 0 Å². The average molecular weight is 186 g/mol. The van der Waals surface area contributed by atoms with E-state index >= 15 is 0 Å². The summed E-state index contributed by atoms with van der Waals surface area (Å²) in [6.45, 7) is 4.97. The molecule has 0 atom stereocenters. The molecule has 66 valence electrons. The number of halogens is 1. The first kappa shape index (κ1) is 9.26. The number of aromatic nitrogens is 2. The summed E-state index contributed by atoms with van der Waals surface area (Å²) in [5.41, 5.74) is 1.02. The SMILES string of the molecule is CCCNc1nc(Cl)ncc1C. The summed E-state index contributed by atoms with van der Waals surface area (Å²) < 4.78 is 0. The highest BCUT2D eigenvalue weighted by atomic mass is 35.5. The predicted molar refractivity (Wildman–Crippen MR) is 50.6 cm³/mol. The van der Waals surface area contributed by atoms with Crippen molar-refractivity contribution in [1.29, 1.82) is 0 Å². The van der Waals surface area contributed by atoms with Crippen LogP contribution in [0.15, 0.2) is 6.20 Å². The van der Waals surface area contributed by atoms with E-state index in [4.69, 9.17) is 11.6 Å². The molecule has 0 radical (unpaired) electrons. The Bertz CT molecular complexity index is 262. The lowest BCUT2D eigenvalue weighted by molar-refractivity contribution is 0.959. The van der Waals surface area contributed by atoms with Crippen molar-refractivity contribution >= 4 is 17.4 Å². The molecular formula is C8H12ClN3. The van der Waals surface area contributed by atoms with Gasteiger partial charge in [0.2, 0.25) is 5.28 Å². The molecule has 0 saturated carbocycles. The third-order valence-corrected chi connectivity index (χ3v) is 1.67. The molecule has 12 heavy (non-hydrogen) atoms. The molecule has 0 spiro atoms. The van der Waals surface area contributed by atoms with E-state index in [2.05, 4.69) is 22.2 Å². The van der Waals surface area contributed by atoms with Gasteiger partial charge in [-0.25, -0.2) is 9.97 Å². The normalized spacial score (nSPS) is 9.92. The maximum Gasteiger partial charge on any atom is 0.224 e. The fourth-order valence-corrected chi connectivity index (χ4v) is 0.976. The van der Waals surface area contributed by atoms with Crippen molar-refractivity contribution in [1.82, 2.24) is 9.97 Å². The van der Waals surface area contributed by atoms with Crippen molar-refractivity contribution in [3.63, 3.8) is 0 Å². The van der Waals surface area contributed by atoms with E-state index in [-0.39, 0.29) is 0 Å². The molecule has 0 fully saturated rings. The van der Waals surface area contributed by atoms with Crippen LogP contribution in [0, 0.1) is 6.92 Å². The Morgan fingerprint density at radius 1 is 1.58 bits per heavy atom. The highest BCUT2D eigenvalue weighted by molar-refractivity contribution is 6.28. The first-order valence-corrected chi connectivity index (χ1v) is 4.35. The van der Waals surface area contributed by atoms with Gasteiger partial charge in [0.05, 0.1) is 0 Å². The first-order valence-electron chi connectivity index (χ1n) is 3.97. The molecule has 1 aromatic rings. The smallest absolute Gasteiger partial charge is 0.224 e. The van der Waals surface area contributed by atoms with Gasteiger partial charge in [-0.2, -0.15) is 0 Å². The Morgan fingerprint density at radius 2 is 2.33 bits per heavy atom. The Hall–Kier alpha value is -0.830. The summed E-state index contributed by atoms with van der Waals surface area (Å²) in [5.74, 6) is 0.830. The van der Waals surface area contributed by atoms with E-state index in [1.165, 1.54) is 0 Å². The van der Waals surface area contributed by atoms with Crippen molar-refractivity contribution in [3.05, 3.63) is 17.0 Å². The second-order valence-corrected chi connectivity index (χ2v) is 2.94. The summed E-state index contributed by atoms with van der Waals surface area (Å²) in [4.78, 5) is 7.92. The van der Waals surface area contributed by atoms with Crippen molar-refractivity contribution < 1.29 is 0 Å². The second kappa shape index (κ2) is 4.26. The van der Waals surface area contributed by atoms with Gasteiger partial charge in [-0.15, -0.1) is 0 Å². The highest BCUT2D eigenvalue weighted by Gasteiger charge is 1.99. The fourth-order valence-electron chi connectivity index (χ4n) is 0.843. The van der Waals surface area contributed by atoms with E-state index in [9.17, 15) is 0 Å². The van der Waals surface area contributed by atoms with Gasteiger partial charge in [-0.3, -0.25) is 0 Å². The Balaban J connectivity index is 2.75. The maximum absolute atomic E-state index is 5.63. The van der Waals surface area contributed by atoms with Crippen molar-refractivity contribution in [2.45, 2.75) is 20.3 Å². The van der Waals surface area contributed by atoms with Crippen LogP contribution in [0.3, 0.4) is 0 Å². The van der Waals surface area contributed by atoms with Gasteiger partial charge in [0.25, 0.3) is 0 Å². The van der Waals surface area contributed by atoms with Gasteiger partial charge in [-0.05, 0) is 24.9 Å². The monoisotopic (exact) mass is 185 g/mol. The highest BCUT2D eigenvalue weighted by Crippen LogP contribution is 2.11. The lowest BCUT2D eigenvalue weighted by Crippen LogP contribution is -2.04. The molecule has 0 aliphatic carbocycles. The summed E-state index contributed by atoms with van der Waals surface area (Å²) >= 11 is 5.63. The van der Waals surface area contributed by atoms with Gasteiger partial charge >= 0.3 is 0 Å². The van der Waals surface area contributed by atoms with Crippen LogP contribution < -0.4 is 5.32 Å². The Labute approximate surface area is 77.2 Å². The zero-order valence-corrected chi connectivity index (χ0v) is 8.02. The maximum atomic E-state index is 5.63. The molecule has 0 amide bonds. The van der Waals surface area contributed by atoms with E-state index in [1.54, 1.807) is 6.20 Å². The lowest BCUT2D eigenvalue weighted by Gasteiger charge is -2.05. The average Bonchev–Trinajstić information content (AvgIpc) is 2.07. The molecule has 4 heteroatoms. The van der Waals surface area contributed by atoms with Crippen LogP contribution in [0.25, 0.3) is 0 Å². The standard InChI is InChI=1S/C8H12ClN3/c1-3-4-10-7-6(2)5-11-8(9)12-7/h5H,3-4H2,1-2H3,(H,10,11,12). The number of hydrogen-bond donors (Lipinski definition) is 1. The quantitative estimate of drug-likeness (QED) is 0.735. The third kappa shape index (κ3) is 2.34. The number of nitrogens with zero attached hydrogens (tertiary/aromatic N) is 2. The van der Waals surface area contributed by atoms with Crippen LogP contribution in [0.5, 0.6) is 0 Å². The minimum Gasteiger partial charge on any atom is -0.370 e. The molecule has 0 unspecified atom stereocenters. The van der Waals surface area contributed by atoms with Crippen LogP contribution in [-0.2, 0) is 0 Å². The lowest BCUT2D eigenvalue weighted by atomic mass is 10.3. The van der Waals surface area contributed by atoms with Crippen LogP contribution in [0.4, 0.5) is 5.82 Å². The van der Waals surface area contributed by atoms with E-state index in [0.29, 0.717) is 5.28 Å². The molecule has 0 aliphatic heterocycles. The molecule has 0 bridgehead atoms. The van der Waals surface area contributed by atoms with Gasteiger partial charge < -0.3 is 5.32 Å². The molecule has 0 aliphatic rings. The minimum absolute atomic E-state index is 0.291. The Kier molecular flexibility index (Phi) is 3.29. The topological polar surface area (TPSA) is 37.8 Å². The van der Waals surface area contributed by atoms with Crippen molar-refractivity contribution in [2.75, 3.05) is 11.9 Å². The van der Waals surface area contributed by atoms with E-state index < -0.39 is 0 Å². The number of aryl methyl sites for hydroxylation is 1. The van der Waals surface area contributed by atoms with E-state index in [1.807, 2.05) is 6.92 Å². The zero-order chi connectivity index (χ0) is 8.97. The molecular weight excluding hydrogens is 174 g/mol. The summed E-state index contributed by atoms with van der Waals surface area (Å²) in [6, 6.07) is 0. The summed E-state index contributed by atoms with van der Waals surface area (Å²) in [7, 11) is 0. The molecule has 0 aromatic carbocycles. The fraction of sp³-hybridized carbons (Fsp3) is 0.500. The minimum atomic E-state index is 0.291. The summed E-state index contributed by atoms with van der Waals surface area (Å²) in [6.07, 6.45) is 2.79. The third-order valence-electron chi connectivity index (χ3n) is 1.48. The van der Waals surface area contributed by atoms with Gasteiger partial charge in [-0.1, -0.05) is 6.92 Å². The Morgan fingerprint density at radius 3 is 3.00 bits per heavy atom. The number of hydrogen-bond acceptors (Lipinski definition) is 3. The number of rotatable bonds is 3. The molecule has 1 N–H and O–H groups in total. The van der Waals surface area contributed by atoms with Gasteiger partial charge in [0.1, 0.15) is 5.82 Å². The predicted octanol–water partition coefficient (Wildman–Crippen LogP) is 2.26. The first-order chi connectivity index (χ1) is 5.74. The zero-order valence-electron chi connectivity index (χ0n) is 7.26. The van der Waals surface area contributed by atoms with E-state index in [0.717, 1.165) is 24.3 Å². The van der Waals surface area contributed by atoms with Crippen LogP contribution in [0.2, 0.25) is 5.28 Å².